The molecule has 0 atom stereocenters. The summed E-state index contributed by atoms with van der Waals surface area (Å²) in [6.45, 7) is 0. The average Bonchev–Trinajstić information content (AvgIpc) is 2.70. The van der Waals surface area contributed by atoms with Gasteiger partial charge in [-0.2, -0.15) is 5.10 Å². The van der Waals surface area contributed by atoms with Crippen molar-refractivity contribution in [2.75, 3.05) is 18.2 Å². The number of benzene rings is 1. The molecule has 0 saturated heterocycles. The van der Waals surface area contributed by atoms with Crippen LogP contribution in [-0.2, 0) is 7.05 Å². The molecule has 0 fully saturated rings. The van der Waals surface area contributed by atoms with Gasteiger partial charge in [-0.05, 0) is 18.2 Å². The normalized spacial score (nSPS) is 10.3. The minimum atomic E-state index is -0.369. The molecular formula is C12H13ClN4O2. The summed E-state index contributed by atoms with van der Waals surface area (Å²) in [6.07, 6.45) is 1.40. The van der Waals surface area contributed by atoms with E-state index < -0.39 is 0 Å². The van der Waals surface area contributed by atoms with Gasteiger partial charge in [-0.15, -0.1) is 0 Å². The van der Waals surface area contributed by atoms with Crippen LogP contribution in [0.2, 0.25) is 5.02 Å². The molecule has 2 aromatic rings. The van der Waals surface area contributed by atoms with Crippen molar-refractivity contribution in [1.82, 2.24) is 9.78 Å². The maximum Gasteiger partial charge on any atom is 0.261 e. The maximum atomic E-state index is 12.1. The van der Waals surface area contributed by atoms with E-state index in [0.29, 0.717) is 27.8 Å². The quantitative estimate of drug-likeness (QED) is 0.900. The molecule has 19 heavy (non-hydrogen) atoms. The van der Waals surface area contributed by atoms with Crippen molar-refractivity contribution in [2.24, 2.45) is 7.05 Å². The Hall–Kier alpha value is -2.21. The Morgan fingerprint density at radius 3 is 2.84 bits per heavy atom. The zero-order chi connectivity index (χ0) is 14.0. The number of aryl methyl sites for hydroxylation is 1. The highest BCUT2D eigenvalue weighted by Crippen LogP contribution is 2.28. The van der Waals surface area contributed by atoms with E-state index >= 15 is 0 Å². The zero-order valence-corrected chi connectivity index (χ0v) is 11.2. The molecule has 1 aromatic carbocycles. The van der Waals surface area contributed by atoms with Crippen LogP contribution in [0.4, 0.5) is 11.5 Å². The van der Waals surface area contributed by atoms with Gasteiger partial charge in [0.25, 0.3) is 5.91 Å². The van der Waals surface area contributed by atoms with Crippen molar-refractivity contribution in [3.8, 4) is 5.75 Å². The number of hydrogen-bond acceptors (Lipinski definition) is 4. The standard InChI is InChI=1S/C12H13ClN4O2/c1-17-11(14)8(6-15-17)12(18)16-9-5-7(13)3-4-10(9)19-2/h3-6H,14H2,1-2H3,(H,16,18). The molecule has 0 bridgehead atoms. The van der Waals surface area contributed by atoms with Gasteiger partial charge in [0.1, 0.15) is 17.1 Å². The average molecular weight is 281 g/mol. The summed E-state index contributed by atoms with van der Waals surface area (Å²) >= 11 is 5.89. The molecule has 1 aromatic heterocycles. The Labute approximate surface area is 115 Å². The van der Waals surface area contributed by atoms with E-state index in [4.69, 9.17) is 22.1 Å². The van der Waals surface area contributed by atoms with Gasteiger partial charge in [0.05, 0.1) is 19.0 Å². The fraction of sp³-hybridized carbons (Fsp3) is 0.167. The van der Waals surface area contributed by atoms with Crippen LogP contribution < -0.4 is 15.8 Å². The van der Waals surface area contributed by atoms with Crippen LogP contribution in [0.1, 0.15) is 10.4 Å². The number of anilines is 2. The Balaban J connectivity index is 2.28. The fourth-order valence-electron chi connectivity index (χ4n) is 1.59. The van der Waals surface area contributed by atoms with E-state index in [1.807, 2.05) is 0 Å². The van der Waals surface area contributed by atoms with E-state index in [1.54, 1.807) is 25.2 Å². The highest BCUT2D eigenvalue weighted by Gasteiger charge is 2.15. The smallest absolute Gasteiger partial charge is 0.261 e. The first-order chi connectivity index (χ1) is 9.02. The highest BCUT2D eigenvalue weighted by atomic mass is 35.5. The molecule has 7 heteroatoms. The lowest BCUT2D eigenvalue weighted by atomic mass is 10.2. The minimum absolute atomic E-state index is 0.290. The number of methoxy groups -OCH3 is 1. The van der Waals surface area contributed by atoms with Gasteiger partial charge in [-0.1, -0.05) is 11.6 Å². The second-order valence-corrected chi connectivity index (χ2v) is 4.30. The molecule has 1 amide bonds. The number of nitrogens with zero attached hydrogens (tertiary/aromatic N) is 2. The molecule has 3 N–H and O–H groups in total. The van der Waals surface area contributed by atoms with Gasteiger partial charge in [-0.25, -0.2) is 0 Å². The first kappa shape index (κ1) is 13.2. The minimum Gasteiger partial charge on any atom is -0.495 e. The van der Waals surface area contributed by atoms with Crippen LogP contribution in [0.3, 0.4) is 0 Å². The second-order valence-electron chi connectivity index (χ2n) is 3.87. The Bertz CT molecular complexity index is 624. The zero-order valence-electron chi connectivity index (χ0n) is 10.5. The number of nitrogens with two attached hydrogens (primary N) is 1. The molecule has 0 radical (unpaired) electrons. The van der Waals surface area contributed by atoms with Crippen LogP contribution in [0.15, 0.2) is 24.4 Å². The van der Waals surface area contributed by atoms with Crippen molar-refractivity contribution in [3.05, 3.63) is 35.0 Å². The number of nitrogen functional groups attached to an aromatic ring is 1. The molecule has 0 spiro atoms. The van der Waals surface area contributed by atoms with Gasteiger partial charge in [-0.3, -0.25) is 9.48 Å². The topological polar surface area (TPSA) is 82.2 Å². The van der Waals surface area contributed by atoms with Gasteiger partial charge in [0.15, 0.2) is 0 Å². The highest BCUT2D eigenvalue weighted by molar-refractivity contribution is 6.31. The molecule has 0 saturated carbocycles. The summed E-state index contributed by atoms with van der Waals surface area (Å²) in [5, 5.41) is 7.10. The summed E-state index contributed by atoms with van der Waals surface area (Å²) in [6, 6.07) is 4.95. The number of amides is 1. The first-order valence-electron chi connectivity index (χ1n) is 5.45. The van der Waals surface area contributed by atoms with Crippen LogP contribution in [0.25, 0.3) is 0 Å². The van der Waals surface area contributed by atoms with Crippen molar-refractivity contribution in [1.29, 1.82) is 0 Å². The molecule has 0 aliphatic rings. The van der Waals surface area contributed by atoms with Crippen LogP contribution in [-0.4, -0.2) is 22.8 Å². The predicted octanol–water partition coefficient (Wildman–Crippen LogP) is 1.92. The number of aromatic nitrogens is 2. The summed E-state index contributed by atoms with van der Waals surface area (Å²) in [4.78, 5) is 12.1. The number of nitrogens with one attached hydrogen (secondary N) is 1. The van der Waals surface area contributed by atoms with Crippen LogP contribution in [0.5, 0.6) is 5.75 Å². The molecule has 6 nitrogen and oxygen atoms in total. The third-order valence-corrected chi connectivity index (χ3v) is 2.87. The molecule has 0 unspecified atom stereocenters. The SMILES string of the molecule is COc1ccc(Cl)cc1NC(=O)c1cnn(C)c1N. The summed E-state index contributed by atoms with van der Waals surface area (Å²) < 4.78 is 6.57. The number of ether oxygens (including phenoxy) is 1. The predicted molar refractivity (Wildman–Crippen MR) is 73.6 cm³/mol. The number of carbonyl (C=O) groups is 1. The van der Waals surface area contributed by atoms with Gasteiger partial charge < -0.3 is 15.8 Å². The van der Waals surface area contributed by atoms with E-state index in [0.717, 1.165) is 0 Å². The fourth-order valence-corrected chi connectivity index (χ4v) is 1.76. The van der Waals surface area contributed by atoms with Gasteiger partial charge in [0, 0.05) is 12.1 Å². The van der Waals surface area contributed by atoms with Crippen molar-refractivity contribution >= 4 is 29.0 Å². The lowest BCUT2D eigenvalue weighted by molar-refractivity contribution is 0.102. The monoisotopic (exact) mass is 280 g/mol. The molecule has 2 rings (SSSR count). The third kappa shape index (κ3) is 2.63. The molecule has 0 aliphatic carbocycles. The van der Waals surface area contributed by atoms with E-state index in [9.17, 15) is 4.79 Å². The molecule has 100 valence electrons. The summed E-state index contributed by atoms with van der Waals surface area (Å²) in [5.74, 6) is 0.435. The lowest BCUT2D eigenvalue weighted by Crippen LogP contribution is -2.14. The Morgan fingerprint density at radius 1 is 1.53 bits per heavy atom. The number of hydrogen-bond donors (Lipinski definition) is 2. The maximum absolute atomic E-state index is 12.1. The molecule has 1 heterocycles. The van der Waals surface area contributed by atoms with Crippen molar-refractivity contribution in [3.63, 3.8) is 0 Å². The number of halogens is 1. The first-order valence-corrected chi connectivity index (χ1v) is 5.83. The molecule has 0 aliphatic heterocycles. The Kier molecular flexibility index (Phi) is 3.62. The summed E-state index contributed by atoms with van der Waals surface area (Å²) in [5.41, 5.74) is 6.51. The molecular weight excluding hydrogens is 268 g/mol. The van der Waals surface area contributed by atoms with Crippen LogP contribution >= 0.6 is 11.6 Å². The van der Waals surface area contributed by atoms with Crippen LogP contribution in [0, 0.1) is 0 Å². The number of rotatable bonds is 3. The van der Waals surface area contributed by atoms with Crippen molar-refractivity contribution in [2.45, 2.75) is 0 Å². The number of carbonyl (C=O) groups excluding carboxylic acids is 1. The largest absolute Gasteiger partial charge is 0.495 e. The van der Waals surface area contributed by atoms with E-state index in [-0.39, 0.29) is 5.91 Å². The van der Waals surface area contributed by atoms with E-state index in [1.165, 1.54) is 18.0 Å². The lowest BCUT2D eigenvalue weighted by Gasteiger charge is -2.10. The second kappa shape index (κ2) is 5.19. The van der Waals surface area contributed by atoms with Gasteiger partial charge in [0.2, 0.25) is 0 Å². The third-order valence-electron chi connectivity index (χ3n) is 2.64. The van der Waals surface area contributed by atoms with E-state index in [2.05, 4.69) is 10.4 Å². The summed E-state index contributed by atoms with van der Waals surface area (Å²) in [7, 11) is 3.17. The van der Waals surface area contributed by atoms with Gasteiger partial charge >= 0.3 is 0 Å². The Morgan fingerprint density at radius 2 is 2.26 bits per heavy atom. The van der Waals surface area contributed by atoms with Crippen molar-refractivity contribution < 1.29 is 9.53 Å².